The molecular formula is C17H17BrN2O2. The van der Waals surface area contributed by atoms with Crippen LogP contribution in [-0.4, -0.2) is 30.6 Å². The summed E-state index contributed by atoms with van der Waals surface area (Å²) in [5, 5.41) is 2.92. The summed E-state index contributed by atoms with van der Waals surface area (Å²) in [4.78, 5) is 14.1. The fourth-order valence-electron chi connectivity index (χ4n) is 2.44. The molecule has 0 spiro atoms. The third kappa shape index (κ3) is 3.67. The molecular weight excluding hydrogens is 344 g/mol. The molecule has 2 aromatic carbocycles. The number of morpholine rings is 1. The van der Waals surface area contributed by atoms with Gasteiger partial charge in [0.25, 0.3) is 0 Å². The van der Waals surface area contributed by atoms with E-state index >= 15 is 0 Å². The van der Waals surface area contributed by atoms with E-state index in [2.05, 4.69) is 21.2 Å². The monoisotopic (exact) mass is 360 g/mol. The minimum Gasteiger partial charge on any atom is -0.370 e. The molecule has 1 fully saturated rings. The molecule has 0 aliphatic carbocycles. The summed E-state index contributed by atoms with van der Waals surface area (Å²) in [6.45, 7) is 1.70. The van der Waals surface area contributed by atoms with Gasteiger partial charge in [-0.2, -0.15) is 0 Å². The Hall–Kier alpha value is -1.85. The van der Waals surface area contributed by atoms with E-state index in [1.165, 1.54) is 0 Å². The van der Waals surface area contributed by atoms with Crippen molar-refractivity contribution in [1.29, 1.82) is 0 Å². The molecule has 1 aliphatic heterocycles. The molecule has 0 bridgehead atoms. The molecule has 1 N–H and O–H groups in total. The van der Waals surface area contributed by atoms with Gasteiger partial charge < -0.3 is 15.0 Å². The molecule has 114 valence electrons. The third-order valence-electron chi connectivity index (χ3n) is 3.62. The number of anilines is 1. The average molecular weight is 361 g/mol. The van der Waals surface area contributed by atoms with E-state index in [1.54, 1.807) is 4.90 Å². The lowest BCUT2D eigenvalue weighted by molar-refractivity contribution is -0.0135. The van der Waals surface area contributed by atoms with Crippen molar-refractivity contribution in [3.05, 3.63) is 64.6 Å². The molecule has 22 heavy (non-hydrogen) atoms. The van der Waals surface area contributed by atoms with Crippen molar-refractivity contribution >= 4 is 27.6 Å². The van der Waals surface area contributed by atoms with Crippen molar-refractivity contribution in [1.82, 2.24) is 4.90 Å². The summed E-state index contributed by atoms with van der Waals surface area (Å²) in [5.41, 5.74) is 1.89. The van der Waals surface area contributed by atoms with E-state index in [0.717, 1.165) is 15.7 Å². The van der Waals surface area contributed by atoms with Gasteiger partial charge in [-0.3, -0.25) is 0 Å². The lowest BCUT2D eigenvalue weighted by Gasteiger charge is -2.33. The fraction of sp³-hybridized carbons (Fsp3) is 0.235. The van der Waals surface area contributed by atoms with Gasteiger partial charge in [-0.25, -0.2) is 4.79 Å². The average Bonchev–Trinajstić information content (AvgIpc) is 2.56. The molecule has 1 unspecified atom stereocenters. The lowest BCUT2D eigenvalue weighted by Crippen LogP contribution is -2.44. The predicted octanol–water partition coefficient (Wildman–Crippen LogP) is 4.05. The number of hydrogen-bond acceptors (Lipinski definition) is 2. The summed E-state index contributed by atoms with van der Waals surface area (Å²) in [5.74, 6) is 0. The molecule has 1 saturated heterocycles. The number of hydrogen-bond donors (Lipinski definition) is 1. The number of carbonyl (C=O) groups is 1. The number of amides is 2. The van der Waals surface area contributed by atoms with E-state index in [1.807, 2.05) is 54.6 Å². The Labute approximate surface area is 138 Å². The fourth-order valence-corrected chi connectivity index (χ4v) is 2.70. The minimum atomic E-state index is -0.0865. The highest BCUT2D eigenvalue weighted by Crippen LogP contribution is 2.24. The van der Waals surface area contributed by atoms with Crippen LogP contribution in [0.5, 0.6) is 0 Å². The summed E-state index contributed by atoms with van der Waals surface area (Å²) in [7, 11) is 0. The van der Waals surface area contributed by atoms with Gasteiger partial charge in [-0.05, 0) is 29.8 Å². The summed E-state index contributed by atoms with van der Waals surface area (Å²) in [6.07, 6.45) is -0.0802. The number of benzene rings is 2. The molecule has 5 heteroatoms. The van der Waals surface area contributed by atoms with E-state index in [4.69, 9.17) is 4.74 Å². The SMILES string of the molecule is O=C(Nc1ccccc1)N1CCOC(c2ccc(Br)cc2)C1. The maximum Gasteiger partial charge on any atom is 0.322 e. The van der Waals surface area contributed by atoms with Crippen molar-refractivity contribution in [2.45, 2.75) is 6.10 Å². The van der Waals surface area contributed by atoms with Crippen molar-refractivity contribution in [2.24, 2.45) is 0 Å². The largest absolute Gasteiger partial charge is 0.370 e. The van der Waals surface area contributed by atoms with Gasteiger partial charge in [0.05, 0.1) is 13.2 Å². The van der Waals surface area contributed by atoms with Crippen molar-refractivity contribution in [3.8, 4) is 0 Å². The Balaban J connectivity index is 1.65. The Morgan fingerprint density at radius 2 is 1.86 bits per heavy atom. The summed E-state index contributed by atoms with van der Waals surface area (Å²) >= 11 is 3.43. The summed E-state index contributed by atoms with van der Waals surface area (Å²) in [6, 6.07) is 17.4. The predicted molar refractivity (Wildman–Crippen MR) is 89.9 cm³/mol. The van der Waals surface area contributed by atoms with Crippen LogP contribution < -0.4 is 5.32 Å². The van der Waals surface area contributed by atoms with Crippen LogP contribution in [0, 0.1) is 0 Å². The van der Waals surface area contributed by atoms with Crippen molar-refractivity contribution in [2.75, 3.05) is 25.0 Å². The van der Waals surface area contributed by atoms with Crippen LogP contribution in [0.4, 0.5) is 10.5 Å². The van der Waals surface area contributed by atoms with Crippen LogP contribution in [-0.2, 0) is 4.74 Å². The highest BCUT2D eigenvalue weighted by Gasteiger charge is 2.25. The zero-order valence-electron chi connectivity index (χ0n) is 12.0. The number of nitrogens with zero attached hydrogens (tertiary/aromatic N) is 1. The normalized spacial score (nSPS) is 18.0. The van der Waals surface area contributed by atoms with Crippen LogP contribution in [0.15, 0.2) is 59.1 Å². The smallest absolute Gasteiger partial charge is 0.322 e. The number of nitrogens with one attached hydrogen (secondary N) is 1. The van der Waals surface area contributed by atoms with Gasteiger partial charge in [0.2, 0.25) is 0 Å². The topological polar surface area (TPSA) is 41.6 Å². The highest BCUT2D eigenvalue weighted by atomic mass is 79.9. The Bertz CT molecular complexity index is 631. The summed E-state index contributed by atoms with van der Waals surface area (Å²) < 4.78 is 6.83. The Morgan fingerprint density at radius 1 is 1.14 bits per heavy atom. The number of urea groups is 1. The third-order valence-corrected chi connectivity index (χ3v) is 4.15. The van der Waals surface area contributed by atoms with Crippen molar-refractivity contribution in [3.63, 3.8) is 0 Å². The zero-order chi connectivity index (χ0) is 15.4. The Morgan fingerprint density at radius 3 is 2.59 bits per heavy atom. The van der Waals surface area contributed by atoms with Crippen LogP contribution in [0.2, 0.25) is 0 Å². The second-order valence-corrected chi connectivity index (χ2v) is 6.07. The molecule has 1 aliphatic rings. The van der Waals surface area contributed by atoms with Gasteiger partial charge in [0.15, 0.2) is 0 Å². The van der Waals surface area contributed by atoms with Crippen LogP contribution in [0.1, 0.15) is 11.7 Å². The maximum absolute atomic E-state index is 12.4. The first kappa shape index (κ1) is 15.1. The second kappa shape index (κ2) is 6.94. The van der Waals surface area contributed by atoms with E-state index in [-0.39, 0.29) is 12.1 Å². The van der Waals surface area contributed by atoms with Crippen LogP contribution in [0.3, 0.4) is 0 Å². The second-order valence-electron chi connectivity index (χ2n) is 5.15. The zero-order valence-corrected chi connectivity index (χ0v) is 13.6. The number of halogens is 1. The first-order chi connectivity index (χ1) is 10.7. The van der Waals surface area contributed by atoms with Gasteiger partial charge in [0, 0.05) is 16.7 Å². The molecule has 2 amide bonds. The molecule has 0 radical (unpaired) electrons. The first-order valence-electron chi connectivity index (χ1n) is 7.20. The molecule has 0 saturated carbocycles. The van der Waals surface area contributed by atoms with E-state index in [0.29, 0.717) is 19.7 Å². The minimum absolute atomic E-state index is 0.0802. The number of rotatable bonds is 2. The molecule has 2 aromatic rings. The van der Waals surface area contributed by atoms with Gasteiger partial charge in [-0.1, -0.05) is 46.3 Å². The number of ether oxygens (including phenoxy) is 1. The number of para-hydroxylation sites is 1. The standard InChI is InChI=1S/C17H17BrN2O2/c18-14-8-6-13(7-9-14)16-12-20(10-11-22-16)17(21)19-15-4-2-1-3-5-15/h1-9,16H,10-12H2,(H,19,21). The maximum atomic E-state index is 12.4. The van der Waals surface area contributed by atoms with Crippen molar-refractivity contribution < 1.29 is 9.53 Å². The Kier molecular flexibility index (Phi) is 4.75. The molecule has 4 nitrogen and oxygen atoms in total. The first-order valence-corrected chi connectivity index (χ1v) is 8.00. The molecule has 0 aromatic heterocycles. The molecule has 1 atom stereocenters. The lowest BCUT2D eigenvalue weighted by atomic mass is 10.1. The molecule has 3 rings (SSSR count). The quantitative estimate of drug-likeness (QED) is 0.877. The van der Waals surface area contributed by atoms with Crippen LogP contribution >= 0.6 is 15.9 Å². The van der Waals surface area contributed by atoms with Crippen LogP contribution in [0.25, 0.3) is 0 Å². The van der Waals surface area contributed by atoms with Gasteiger partial charge in [0.1, 0.15) is 6.10 Å². The van der Waals surface area contributed by atoms with E-state index in [9.17, 15) is 4.79 Å². The van der Waals surface area contributed by atoms with Gasteiger partial charge in [-0.15, -0.1) is 0 Å². The highest BCUT2D eigenvalue weighted by molar-refractivity contribution is 9.10. The van der Waals surface area contributed by atoms with Gasteiger partial charge >= 0.3 is 6.03 Å². The molecule has 1 heterocycles. The number of carbonyl (C=O) groups excluding carboxylic acids is 1. The van der Waals surface area contributed by atoms with E-state index < -0.39 is 0 Å².